The molecule has 1 aliphatic heterocycles. The van der Waals surface area contributed by atoms with Gasteiger partial charge in [-0.2, -0.15) is 13.2 Å². The maximum atomic E-state index is 13.6. The van der Waals surface area contributed by atoms with E-state index in [1.165, 1.54) is 30.3 Å². The van der Waals surface area contributed by atoms with E-state index in [-0.39, 0.29) is 17.1 Å². The molecule has 0 radical (unpaired) electrons. The number of fused-ring (bicyclic) bond motifs is 1. The molecule has 0 aromatic heterocycles. The first-order chi connectivity index (χ1) is 12.4. The van der Waals surface area contributed by atoms with Gasteiger partial charge in [-0.25, -0.2) is 0 Å². The Morgan fingerprint density at radius 2 is 1.88 bits per heavy atom. The van der Waals surface area contributed by atoms with Crippen LogP contribution >= 0.6 is 11.8 Å². The van der Waals surface area contributed by atoms with Crippen molar-refractivity contribution >= 4 is 35.0 Å². The van der Waals surface area contributed by atoms with Gasteiger partial charge < -0.3 is 5.32 Å². The molecule has 1 aromatic carbocycles. The average molecular weight is 386 g/mol. The highest BCUT2D eigenvalue weighted by atomic mass is 32.2. The second kappa shape index (κ2) is 7.90. The van der Waals surface area contributed by atoms with E-state index < -0.39 is 30.5 Å². The first-order valence-corrected chi connectivity index (χ1v) is 9.80. The Balaban J connectivity index is 1.86. The van der Waals surface area contributed by atoms with Gasteiger partial charge in [0.15, 0.2) is 0 Å². The van der Waals surface area contributed by atoms with Gasteiger partial charge >= 0.3 is 6.18 Å². The summed E-state index contributed by atoms with van der Waals surface area (Å²) in [6.07, 6.45) is -0.106. The van der Waals surface area contributed by atoms with Crippen LogP contribution in [0.1, 0.15) is 38.5 Å². The minimum absolute atomic E-state index is 0.0141. The molecular formula is C18H21F3N2O2S. The first kappa shape index (κ1) is 19.1. The molecule has 1 unspecified atom stereocenters. The molecule has 0 bridgehead atoms. The van der Waals surface area contributed by atoms with Gasteiger partial charge in [0, 0.05) is 5.25 Å². The summed E-state index contributed by atoms with van der Waals surface area (Å²) in [5, 5.41) is 2.79. The zero-order chi connectivity index (χ0) is 18.7. The summed E-state index contributed by atoms with van der Waals surface area (Å²) in [6, 6.07) is 4.00. The van der Waals surface area contributed by atoms with Gasteiger partial charge in [0.1, 0.15) is 6.04 Å². The lowest BCUT2D eigenvalue weighted by Crippen LogP contribution is -2.50. The zero-order valence-corrected chi connectivity index (χ0v) is 15.0. The molecule has 2 aliphatic rings. The Hall–Kier alpha value is -1.70. The minimum atomic E-state index is -4.68. The molecule has 3 rings (SSSR count). The molecule has 1 N–H and O–H groups in total. The van der Waals surface area contributed by atoms with Crippen molar-refractivity contribution in [3.05, 3.63) is 24.3 Å². The molecule has 4 nitrogen and oxygen atoms in total. The van der Waals surface area contributed by atoms with Crippen LogP contribution in [0.3, 0.4) is 0 Å². The van der Waals surface area contributed by atoms with Gasteiger partial charge in [-0.1, -0.05) is 31.4 Å². The molecule has 0 spiro atoms. The molecular weight excluding hydrogens is 365 g/mol. The lowest BCUT2D eigenvalue weighted by Gasteiger charge is -2.32. The third kappa shape index (κ3) is 4.34. The smallest absolute Gasteiger partial charge is 0.324 e. The fourth-order valence-corrected chi connectivity index (χ4v) is 4.67. The van der Waals surface area contributed by atoms with E-state index in [2.05, 4.69) is 5.32 Å². The van der Waals surface area contributed by atoms with Crippen LogP contribution in [0, 0.1) is 0 Å². The molecule has 1 atom stereocenters. The number of hydrogen-bond acceptors (Lipinski definition) is 3. The number of hydrogen-bond donors (Lipinski definition) is 1. The maximum absolute atomic E-state index is 13.6. The van der Waals surface area contributed by atoms with Crippen LogP contribution in [0.2, 0.25) is 0 Å². The first-order valence-electron chi connectivity index (χ1n) is 8.75. The van der Waals surface area contributed by atoms with E-state index in [9.17, 15) is 22.8 Å². The Kier molecular flexibility index (Phi) is 5.79. The van der Waals surface area contributed by atoms with Crippen molar-refractivity contribution in [1.82, 2.24) is 0 Å². The Morgan fingerprint density at radius 1 is 1.19 bits per heavy atom. The second-order valence-electron chi connectivity index (χ2n) is 6.66. The Bertz CT molecular complexity index is 675. The van der Waals surface area contributed by atoms with E-state index >= 15 is 0 Å². The van der Waals surface area contributed by atoms with Crippen LogP contribution in [-0.4, -0.2) is 35.0 Å². The quantitative estimate of drug-likeness (QED) is 0.840. The lowest BCUT2D eigenvalue weighted by atomic mass is 10.0. The highest BCUT2D eigenvalue weighted by molar-refractivity contribution is 8.00. The average Bonchev–Trinajstić information content (AvgIpc) is 2.76. The third-order valence-electron chi connectivity index (χ3n) is 4.77. The molecule has 1 aromatic rings. The van der Waals surface area contributed by atoms with Crippen molar-refractivity contribution in [2.45, 2.75) is 56.0 Å². The number of amides is 2. The number of anilines is 2. The number of carbonyl (C=O) groups excluding carboxylic acids is 2. The topological polar surface area (TPSA) is 49.4 Å². The number of thioether (sulfide) groups is 1. The van der Waals surface area contributed by atoms with Gasteiger partial charge in [0.25, 0.3) is 0 Å². The fourth-order valence-electron chi connectivity index (χ4n) is 3.49. The number of alkyl halides is 3. The number of benzene rings is 1. The second-order valence-corrected chi connectivity index (χ2v) is 7.95. The summed E-state index contributed by atoms with van der Waals surface area (Å²) in [5.41, 5.74) is 0.343. The standard InChI is InChI=1S/C18H21F3N2O2S/c19-18(20,21)15-10-16(24)22-13-8-4-5-9-14(13)23(15)17(25)11-26-12-6-2-1-3-7-12/h4-5,8-9,12,15H,1-3,6-7,10-11H2,(H,22,24). The van der Waals surface area contributed by atoms with E-state index in [0.717, 1.165) is 30.6 Å². The fraction of sp³-hybridized carbons (Fsp3) is 0.556. The number of para-hydroxylation sites is 2. The van der Waals surface area contributed by atoms with E-state index in [1.807, 2.05) is 0 Å². The van der Waals surface area contributed by atoms with Crippen LogP contribution in [-0.2, 0) is 9.59 Å². The molecule has 142 valence electrons. The zero-order valence-electron chi connectivity index (χ0n) is 14.2. The lowest BCUT2D eigenvalue weighted by molar-refractivity contribution is -0.157. The monoisotopic (exact) mass is 386 g/mol. The third-order valence-corrected chi connectivity index (χ3v) is 6.13. The highest BCUT2D eigenvalue weighted by Gasteiger charge is 2.48. The van der Waals surface area contributed by atoms with Gasteiger partial charge in [-0.15, -0.1) is 11.8 Å². The summed E-state index contributed by atoms with van der Waals surface area (Å²) in [6.45, 7) is 0. The number of carbonyl (C=O) groups is 2. The summed E-state index contributed by atoms with van der Waals surface area (Å²) in [4.78, 5) is 25.5. The van der Waals surface area contributed by atoms with Crippen LogP contribution in [0.5, 0.6) is 0 Å². The van der Waals surface area contributed by atoms with Crippen LogP contribution < -0.4 is 10.2 Å². The summed E-state index contributed by atoms with van der Waals surface area (Å²) in [5.74, 6) is -1.36. The summed E-state index contributed by atoms with van der Waals surface area (Å²) < 4.78 is 40.8. The normalized spacial score (nSPS) is 21.7. The van der Waals surface area contributed by atoms with Gasteiger partial charge in [0.2, 0.25) is 11.8 Å². The highest BCUT2D eigenvalue weighted by Crippen LogP contribution is 2.38. The molecule has 0 saturated heterocycles. The molecule has 2 amide bonds. The van der Waals surface area contributed by atoms with Gasteiger partial charge in [-0.3, -0.25) is 14.5 Å². The summed E-state index contributed by atoms with van der Waals surface area (Å²) in [7, 11) is 0. The molecule has 1 heterocycles. The van der Waals surface area contributed by atoms with Crippen LogP contribution in [0.25, 0.3) is 0 Å². The Labute approximate surface area is 154 Å². The van der Waals surface area contributed by atoms with Crippen LogP contribution in [0.4, 0.5) is 24.5 Å². The van der Waals surface area contributed by atoms with Crippen molar-refractivity contribution in [3.63, 3.8) is 0 Å². The number of halogens is 3. The molecule has 1 saturated carbocycles. The predicted octanol–water partition coefficient (Wildman–Crippen LogP) is 4.36. The maximum Gasteiger partial charge on any atom is 0.409 e. The van der Waals surface area contributed by atoms with Crippen LogP contribution in [0.15, 0.2) is 24.3 Å². The van der Waals surface area contributed by atoms with Gasteiger partial charge in [0.05, 0.1) is 23.5 Å². The number of nitrogens with one attached hydrogen (secondary N) is 1. The van der Waals surface area contributed by atoms with E-state index in [4.69, 9.17) is 0 Å². The van der Waals surface area contributed by atoms with Gasteiger partial charge in [-0.05, 0) is 25.0 Å². The molecule has 1 aliphatic carbocycles. The van der Waals surface area contributed by atoms with E-state index in [1.54, 1.807) is 12.1 Å². The molecule has 8 heteroatoms. The predicted molar refractivity (Wildman–Crippen MR) is 96.3 cm³/mol. The van der Waals surface area contributed by atoms with Crippen molar-refractivity contribution < 1.29 is 22.8 Å². The number of rotatable bonds is 3. The van der Waals surface area contributed by atoms with Crippen molar-refractivity contribution in [1.29, 1.82) is 0 Å². The number of nitrogens with zero attached hydrogens (tertiary/aromatic N) is 1. The van der Waals surface area contributed by atoms with E-state index in [0.29, 0.717) is 5.25 Å². The SMILES string of the molecule is O=C1CC(C(F)(F)F)N(C(=O)CSC2CCCCC2)c2ccccc2N1. The minimum Gasteiger partial charge on any atom is -0.324 e. The van der Waals surface area contributed by atoms with Crippen molar-refractivity contribution in [2.24, 2.45) is 0 Å². The van der Waals surface area contributed by atoms with Crippen molar-refractivity contribution in [3.8, 4) is 0 Å². The molecule has 1 fully saturated rings. The summed E-state index contributed by atoms with van der Waals surface area (Å²) >= 11 is 1.43. The Morgan fingerprint density at radius 3 is 2.58 bits per heavy atom. The largest absolute Gasteiger partial charge is 0.409 e. The van der Waals surface area contributed by atoms with Crippen molar-refractivity contribution in [2.75, 3.05) is 16.0 Å². The molecule has 26 heavy (non-hydrogen) atoms.